The van der Waals surface area contributed by atoms with Crippen LogP contribution in [0.3, 0.4) is 0 Å². The zero-order valence-electron chi connectivity index (χ0n) is 17.2. The maximum absolute atomic E-state index is 13.1. The van der Waals surface area contributed by atoms with Gasteiger partial charge in [-0.15, -0.1) is 0 Å². The summed E-state index contributed by atoms with van der Waals surface area (Å²) < 4.78 is 10.7. The van der Waals surface area contributed by atoms with Crippen LogP contribution < -0.4 is 14.8 Å². The number of imide groups is 1. The quantitative estimate of drug-likeness (QED) is 0.687. The zero-order valence-corrected chi connectivity index (χ0v) is 17.2. The van der Waals surface area contributed by atoms with Crippen LogP contribution in [0.2, 0.25) is 0 Å². The molecule has 29 heavy (non-hydrogen) atoms. The van der Waals surface area contributed by atoms with E-state index in [0.717, 1.165) is 0 Å². The minimum Gasteiger partial charge on any atom is -0.497 e. The SMILES string of the molecule is CCOc1cccc(NC2=C(c3ccc(OC)cc3)C(=O)N(CC(C)C)C2=O)c1. The minimum absolute atomic E-state index is 0.167. The highest BCUT2D eigenvalue weighted by Crippen LogP contribution is 2.32. The van der Waals surface area contributed by atoms with E-state index in [9.17, 15) is 9.59 Å². The zero-order chi connectivity index (χ0) is 21.0. The standard InChI is InChI=1S/C23H26N2O4/c1-5-29-19-8-6-7-17(13-19)24-21-20(16-9-11-18(28-4)12-10-16)22(26)25(23(21)27)14-15(2)3/h6-13,15,24H,5,14H2,1-4H3. The molecule has 0 radical (unpaired) electrons. The van der Waals surface area contributed by atoms with Crippen LogP contribution in [0.5, 0.6) is 11.5 Å². The molecule has 152 valence electrons. The van der Waals surface area contributed by atoms with E-state index >= 15 is 0 Å². The summed E-state index contributed by atoms with van der Waals surface area (Å²) in [6, 6.07) is 14.5. The average molecular weight is 394 g/mol. The van der Waals surface area contributed by atoms with Crippen LogP contribution in [-0.2, 0) is 9.59 Å². The smallest absolute Gasteiger partial charge is 0.278 e. The van der Waals surface area contributed by atoms with Gasteiger partial charge in [0.15, 0.2) is 0 Å². The first-order valence-corrected chi connectivity index (χ1v) is 9.69. The summed E-state index contributed by atoms with van der Waals surface area (Å²) in [5.41, 5.74) is 1.98. The molecular weight excluding hydrogens is 368 g/mol. The van der Waals surface area contributed by atoms with E-state index in [-0.39, 0.29) is 23.4 Å². The van der Waals surface area contributed by atoms with Crippen LogP contribution >= 0.6 is 0 Å². The second-order valence-corrected chi connectivity index (χ2v) is 7.18. The van der Waals surface area contributed by atoms with Crippen molar-refractivity contribution in [3.8, 4) is 11.5 Å². The molecule has 6 heteroatoms. The average Bonchev–Trinajstić information content (AvgIpc) is 2.93. The fourth-order valence-corrected chi connectivity index (χ4v) is 3.22. The molecule has 3 rings (SSSR count). The Morgan fingerprint density at radius 2 is 1.72 bits per heavy atom. The molecule has 1 aliphatic rings. The lowest BCUT2D eigenvalue weighted by Crippen LogP contribution is -2.35. The lowest BCUT2D eigenvalue weighted by atomic mass is 10.0. The van der Waals surface area contributed by atoms with Gasteiger partial charge in [0.2, 0.25) is 0 Å². The Balaban J connectivity index is 2.02. The number of anilines is 1. The van der Waals surface area contributed by atoms with Crippen molar-refractivity contribution < 1.29 is 19.1 Å². The molecule has 0 aromatic heterocycles. The van der Waals surface area contributed by atoms with E-state index in [2.05, 4.69) is 5.32 Å². The fraction of sp³-hybridized carbons (Fsp3) is 0.304. The van der Waals surface area contributed by atoms with Crippen LogP contribution in [0.1, 0.15) is 26.3 Å². The van der Waals surface area contributed by atoms with E-state index in [1.165, 1.54) is 4.90 Å². The van der Waals surface area contributed by atoms with Gasteiger partial charge >= 0.3 is 0 Å². The maximum Gasteiger partial charge on any atom is 0.278 e. The van der Waals surface area contributed by atoms with Gasteiger partial charge in [0.05, 0.1) is 19.3 Å². The second kappa shape index (κ2) is 8.82. The molecular formula is C23H26N2O4. The molecule has 1 N–H and O–H groups in total. The molecule has 0 atom stereocenters. The molecule has 1 aliphatic heterocycles. The van der Waals surface area contributed by atoms with Crippen LogP contribution in [-0.4, -0.2) is 37.0 Å². The summed E-state index contributed by atoms with van der Waals surface area (Å²) >= 11 is 0. The topological polar surface area (TPSA) is 67.9 Å². The number of rotatable bonds is 8. The first-order valence-electron chi connectivity index (χ1n) is 9.69. The Morgan fingerprint density at radius 3 is 2.34 bits per heavy atom. The first-order chi connectivity index (χ1) is 13.9. The molecule has 0 bridgehead atoms. The Kier molecular flexibility index (Phi) is 6.22. The molecule has 0 saturated heterocycles. The van der Waals surface area contributed by atoms with Gasteiger partial charge in [0.1, 0.15) is 17.2 Å². The van der Waals surface area contributed by atoms with Crippen molar-refractivity contribution in [3.63, 3.8) is 0 Å². The lowest BCUT2D eigenvalue weighted by molar-refractivity contribution is -0.137. The Bertz CT molecular complexity index is 932. The molecule has 0 saturated carbocycles. The number of carbonyl (C=O) groups is 2. The van der Waals surface area contributed by atoms with E-state index in [0.29, 0.717) is 41.5 Å². The van der Waals surface area contributed by atoms with E-state index < -0.39 is 0 Å². The molecule has 2 aromatic carbocycles. The van der Waals surface area contributed by atoms with Gasteiger partial charge in [-0.25, -0.2) is 0 Å². The van der Waals surface area contributed by atoms with Gasteiger partial charge in [-0.2, -0.15) is 0 Å². The van der Waals surface area contributed by atoms with Crippen molar-refractivity contribution >= 4 is 23.1 Å². The third kappa shape index (κ3) is 4.42. The van der Waals surface area contributed by atoms with Crippen LogP contribution in [0.4, 0.5) is 5.69 Å². The molecule has 0 spiro atoms. The number of benzene rings is 2. The highest BCUT2D eigenvalue weighted by Gasteiger charge is 2.39. The van der Waals surface area contributed by atoms with Crippen molar-refractivity contribution in [2.24, 2.45) is 5.92 Å². The summed E-state index contributed by atoms with van der Waals surface area (Å²) in [6.07, 6.45) is 0. The van der Waals surface area contributed by atoms with Crippen molar-refractivity contribution in [2.75, 3.05) is 25.6 Å². The normalized spacial score (nSPS) is 14.0. The monoisotopic (exact) mass is 394 g/mol. The molecule has 6 nitrogen and oxygen atoms in total. The number of carbonyl (C=O) groups excluding carboxylic acids is 2. The number of methoxy groups -OCH3 is 1. The largest absolute Gasteiger partial charge is 0.497 e. The van der Waals surface area contributed by atoms with Gasteiger partial charge in [0, 0.05) is 18.3 Å². The minimum atomic E-state index is -0.323. The maximum atomic E-state index is 13.1. The molecule has 0 fully saturated rings. The molecule has 1 heterocycles. The van der Waals surface area contributed by atoms with E-state index in [1.54, 1.807) is 31.4 Å². The predicted octanol–water partition coefficient (Wildman–Crippen LogP) is 3.94. The summed E-state index contributed by atoms with van der Waals surface area (Å²) in [4.78, 5) is 27.5. The van der Waals surface area contributed by atoms with Gasteiger partial charge in [-0.1, -0.05) is 32.0 Å². The summed E-state index contributed by atoms with van der Waals surface area (Å²) in [5, 5.41) is 3.16. The van der Waals surface area contributed by atoms with E-state index in [4.69, 9.17) is 9.47 Å². The van der Waals surface area contributed by atoms with Crippen molar-refractivity contribution in [2.45, 2.75) is 20.8 Å². The van der Waals surface area contributed by atoms with Gasteiger partial charge in [-0.3, -0.25) is 14.5 Å². The van der Waals surface area contributed by atoms with Crippen LogP contribution in [0.25, 0.3) is 5.57 Å². The first kappa shape index (κ1) is 20.5. The highest BCUT2D eigenvalue weighted by molar-refractivity contribution is 6.36. The molecule has 0 unspecified atom stereocenters. The van der Waals surface area contributed by atoms with Crippen LogP contribution in [0.15, 0.2) is 54.2 Å². The van der Waals surface area contributed by atoms with Crippen molar-refractivity contribution in [1.82, 2.24) is 4.90 Å². The molecule has 2 amide bonds. The van der Waals surface area contributed by atoms with Gasteiger partial charge in [-0.05, 0) is 42.7 Å². The number of hydrogen-bond donors (Lipinski definition) is 1. The third-order valence-corrected chi connectivity index (χ3v) is 4.51. The van der Waals surface area contributed by atoms with Crippen molar-refractivity contribution in [3.05, 3.63) is 59.8 Å². The van der Waals surface area contributed by atoms with Crippen LogP contribution in [0, 0.1) is 5.92 Å². The number of ether oxygens (including phenoxy) is 2. The Hall–Kier alpha value is -3.28. The summed E-state index contributed by atoms with van der Waals surface area (Å²) in [6.45, 7) is 6.77. The number of hydrogen-bond acceptors (Lipinski definition) is 5. The third-order valence-electron chi connectivity index (χ3n) is 4.51. The molecule has 2 aromatic rings. The number of amides is 2. The fourth-order valence-electron chi connectivity index (χ4n) is 3.22. The van der Waals surface area contributed by atoms with Gasteiger partial charge < -0.3 is 14.8 Å². The Labute approximate surface area is 171 Å². The summed E-state index contributed by atoms with van der Waals surface area (Å²) in [7, 11) is 1.58. The van der Waals surface area contributed by atoms with Crippen molar-refractivity contribution in [1.29, 1.82) is 0 Å². The van der Waals surface area contributed by atoms with E-state index in [1.807, 2.05) is 45.0 Å². The van der Waals surface area contributed by atoms with Gasteiger partial charge in [0.25, 0.3) is 11.8 Å². The lowest BCUT2D eigenvalue weighted by Gasteiger charge is -2.17. The second-order valence-electron chi connectivity index (χ2n) is 7.18. The highest BCUT2D eigenvalue weighted by atomic mass is 16.5. The molecule has 0 aliphatic carbocycles. The Morgan fingerprint density at radius 1 is 1.00 bits per heavy atom. The number of nitrogens with zero attached hydrogens (tertiary/aromatic N) is 1. The number of nitrogens with one attached hydrogen (secondary N) is 1. The predicted molar refractivity (Wildman–Crippen MR) is 113 cm³/mol. The summed E-state index contributed by atoms with van der Waals surface area (Å²) in [5.74, 6) is 0.929.